The Morgan fingerprint density at radius 1 is 0.404 bits per heavy atom. The van der Waals surface area contributed by atoms with Gasteiger partial charge in [-0.25, -0.2) is 9.97 Å². The molecule has 3 nitrogen and oxygen atoms in total. The van der Waals surface area contributed by atoms with Gasteiger partial charge in [0.25, 0.3) is 0 Å². The molecule has 0 radical (unpaired) electrons. The highest BCUT2D eigenvalue weighted by Gasteiger charge is 2.53. The van der Waals surface area contributed by atoms with Gasteiger partial charge in [0, 0.05) is 27.3 Å². The van der Waals surface area contributed by atoms with Crippen LogP contribution in [0.15, 0.2) is 164 Å². The van der Waals surface area contributed by atoms with E-state index in [0.717, 1.165) is 27.7 Å². The van der Waals surface area contributed by atoms with Crippen LogP contribution in [0.5, 0.6) is 0 Å². The van der Waals surface area contributed by atoms with E-state index in [1.807, 2.05) is 0 Å². The third-order valence-electron chi connectivity index (χ3n) is 12.1. The average molecular weight is 658 g/mol. The fourth-order valence-corrected chi connectivity index (χ4v) is 10.3. The van der Waals surface area contributed by atoms with E-state index in [9.17, 15) is 0 Å². The maximum Gasteiger partial charge on any atom is 0.235 e. The second-order valence-corrected chi connectivity index (χ2v) is 14.4. The molecule has 3 aliphatic carbocycles. The normalized spacial score (nSPS) is 13.9. The van der Waals surface area contributed by atoms with Crippen molar-refractivity contribution in [2.24, 2.45) is 0 Å². The topological polar surface area (TPSA) is 30.7 Å². The maximum atomic E-state index is 5.57. The van der Waals surface area contributed by atoms with E-state index < -0.39 is 5.41 Å². The zero-order chi connectivity index (χ0) is 33.7. The summed E-state index contributed by atoms with van der Waals surface area (Å²) in [4.78, 5) is 11.0. The number of hydrogen-bond donors (Lipinski definition) is 0. The van der Waals surface area contributed by atoms with Crippen LogP contribution in [0.2, 0.25) is 0 Å². The summed E-state index contributed by atoms with van der Waals surface area (Å²) >= 11 is 0. The average Bonchev–Trinajstić information content (AvgIpc) is 3.91. The van der Waals surface area contributed by atoms with Gasteiger partial charge in [-0.2, -0.15) is 0 Å². The molecule has 3 aliphatic rings. The van der Waals surface area contributed by atoms with Gasteiger partial charge >= 0.3 is 0 Å². The molecule has 10 aromatic rings. The Labute approximate surface area is 299 Å². The Morgan fingerprint density at radius 2 is 0.962 bits per heavy atom. The summed E-state index contributed by atoms with van der Waals surface area (Å²) in [6, 6.07) is 60.2. The van der Waals surface area contributed by atoms with Crippen LogP contribution in [-0.2, 0) is 5.41 Å². The fraction of sp³-hybridized carbons (Fsp3) is 0.0204. The molecule has 0 bridgehead atoms. The second kappa shape index (κ2) is 9.28. The Hall–Kier alpha value is -6.84. The number of benzene rings is 8. The molecular formula is C49H27N3. The van der Waals surface area contributed by atoms with Crippen molar-refractivity contribution in [2.45, 2.75) is 5.41 Å². The first kappa shape index (κ1) is 27.0. The zero-order valence-electron chi connectivity index (χ0n) is 27.9. The molecular weight excluding hydrogens is 631 g/mol. The lowest BCUT2D eigenvalue weighted by Gasteiger charge is -2.31. The molecule has 2 heterocycles. The second-order valence-electron chi connectivity index (χ2n) is 14.4. The molecule has 2 aromatic heterocycles. The first-order chi connectivity index (χ1) is 25.8. The summed E-state index contributed by atoms with van der Waals surface area (Å²) in [5, 5.41) is 6.10. The summed E-state index contributed by atoms with van der Waals surface area (Å²) < 4.78 is 2.40. The number of rotatable bonds is 1. The Bertz CT molecular complexity index is 3210. The van der Waals surface area contributed by atoms with E-state index in [1.54, 1.807) is 0 Å². The lowest BCUT2D eigenvalue weighted by atomic mass is 9.70. The van der Waals surface area contributed by atoms with E-state index in [2.05, 4.69) is 168 Å². The van der Waals surface area contributed by atoms with Crippen LogP contribution in [0.4, 0.5) is 0 Å². The highest BCUT2D eigenvalue weighted by molar-refractivity contribution is 6.28. The predicted octanol–water partition coefficient (Wildman–Crippen LogP) is 11.9. The predicted molar refractivity (Wildman–Crippen MR) is 212 cm³/mol. The van der Waals surface area contributed by atoms with E-state index in [4.69, 9.17) is 9.97 Å². The minimum absolute atomic E-state index is 0.541. The standard InChI is InChI=1S/C49H27N3/c1-4-19-34-28(14-1)31-22-13-26-40-44(31)46(34)51-48(50-40)52-41-27-12-8-21-36(41)43-33-18-3-2-17-32(33)42-35-20-7-11-25-39(35)49(45(42)47(43)52)37-23-9-5-15-29(37)30-16-6-10-24-38(30)49/h1-27H. The van der Waals surface area contributed by atoms with Gasteiger partial charge in [-0.15, -0.1) is 0 Å². The summed E-state index contributed by atoms with van der Waals surface area (Å²) in [5.74, 6) is 0.700. The van der Waals surface area contributed by atoms with Crippen molar-refractivity contribution in [3.63, 3.8) is 0 Å². The Kier molecular flexibility index (Phi) is 4.81. The molecule has 8 aromatic carbocycles. The summed E-state index contributed by atoms with van der Waals surface area (Å²) in [6.45, 7) is 0. The minimum Gasteiger partial charge on any atom is -0.277 e. The summed E-state index contributed by atoms with van der Waals surface area (Å²) in [6.07, 6.45) is 0. The molecule has 3 heteroatoms. The monoisotopic (exact) mass is 657 g/mol. The molecule has 0 saturated carbocycles. The van der Waals surface area contributed by atoms with Crippen molar-refractivity contribution in [2.75, 3.05) is 0 Å². The van der Waals surface area contributed by atoms with Crippen molar-refractivity contribution in [1.82, 2.24) is 14.5 Å². The van der Waals surface area contributed by atoms with Gasteiger partial charge in [-0.05, 0) is 73.0 Å². The van der Waals surface area contributed by atoms with Crippen LogP contribution in [0.1, 0.15) is 22.3 Å². The molecule has 0 atom stereocenters. The molecule has 0 fully saturated rings. The SMILES string of the molecule is c1ccc2c(c1)-c1cccc3nc(-n4c5ccccc5c5c6ccccc6c6c(c54)C4(c5ccccc5-c5ccccc54)c4ccccc4-6)nc-2c13. The van der Waals surface area contributed by atoms with Gasteiger partial charge in [0.15, 0.2) is 0 Å². The van der Waals surface area contributed by atoms with Gasteiger partial charge in [-0.1, -0.05) is 152 Å². The van der Waals surface area contributed by atoms with Gasteiger partial charge in [0.05, 0.1) is 27.7 Å². The van der Waals surface area contributed by atoms with E-state index in [0.29, 0.717) is 5.95 Å². The maximum absolute atomic E-state index is 5.57. The smallest absolute Gasteiger partial charge is 0.235 e. The van der Waals surface area contributed by atoms with Crippen LogP contribution in [-0.4, -0.2) is 14.5 Å². The first-order valence-corrected chi connectivity index (χ1v) is 18.0. The quantitative estimate of drug-likeness (QED) is 0.176. The molecule has 238 valence electrons. The zero-order valence-corrected chi connectivity index (χ0v) is 27.9. The van der Waals surface area contributed by atoms with Gasteiger partial charge in [-0.3, -0.25) is 4.57 Å². The van der Waals surface area contributed by atoms with Crippen molar-refractivity contribution < 1.29 is 0 Å². The molecule has 1 spiro atoms. The third kappa shape index (κ3) is 2.95. The van der Waals surface area contributed by atoms with Gasteiger partial charge < -0.3 is 0 Å². The first-order valence-electron chi connectivity index (χ1n) is 18.0. The number of nitrogens with zero attached hydrogens (tertiary/aromatic N) is 3. The molecule has 0 N–H and O–H groups in total. The Balaban J connectivity index is 1.30. The molecule has 0 aliphatic heterocycles. The van der Waals surface area contributed by atoms with Crippen LogP contribution in [0.25, 0.3) is 94.1 Å². The minimum atomic E-state index is -0.541. The number of fused-ring (bicyclic) bond motifs is 20. The van der Waals surface area contributed by atoms with Crippen LogP contribution in [0, 0.1) is 0 Å². The fourth-order valence-electron chi connectivity index (χ4n) is 10.3. The molecule has 0 unspecified atom stereocenters. The largest absolute Gasteiger partial charge is 0.277 e. The molecule has 52 heavy (non-hydrogen) atoms. The highest BCUT2D eigenvalue weighted by atomic mass is 15.2. The van der Waals surface area contributed by atoms with E-state index in [1.165, 1.54) is 82.7 Å². The van der Waals surface area contributed by atoms with E-state index >= 15 is 0 Å². The molecule has 0 saturated heterocycles. The van der Waals surface area contributed by atoms with Crippen LogP contribution < -0.4 is 0 Å². The van der Waals surface area contributed by atoms with E-state index in [-0.39, 0.29) is 0 Å². The Morgan fingerprint density at radius 3 is 1.71 bits per heavy atom. The lowest BCUT2D eigenvalue weighted by molar-refractivity contribution is 0.796. The van der Waals surface area contributed by atoms with Crippen molar-refractivity contribution in [1.29, 1.82) is 0 Å². The number of hydrogen-bond acceptors (Lipinski definition) is 2. The van der Waals surface area contributed by atoms with Crippen LogP contribution in [0.3, 0.4) is 0 Å². The van der Waals surface area contributed by atoms with Crippen LogP contribution >= 0.6 is 0 Å². The van der Waals surface area contributed by atoms with Gasteiger partial charge in [0.2, 0.25) is 5.95 Å². The third-order valence-corrected chi connectivity index (χ3v) is 12.1. The molecule has 13 rings (SSSR count). The van der Waals surface area contributed by atoms with Crippen molar-refractivity contribution >= 4 is 43.5 Å². The lowest BCUT2D eigenvalue weighted by Crippen LogP contribution is -2.26. The van der Waals surface area contributed by atoms with Crippen molar-refractivity contribution in [3.8, 4) is 50.6 Å². The summed E-state index contributed by atoms with van der Waals surface area (Å²) in [7, 11) is 0. The van der Waals surface area contributed by atoms with Crippen molar-refractivity contribution in [3.05, 3.63) is 186 Å². The molecule has 0 amide bonds. The number of para-hydroxylation sites is 1. The number of aromatic nitrogens is 3. The highest BCUT2D eigenvalue weighted by Crippen LogP contribution is 2.66. The van der Waals surface area contributed by atoms with Gasteiger partial charge in [0.1, 0.15) is 0 Å². The summed E-state index contributed by atoms with van der Waals surface area (Å²) in [5.41, 5.74) is 17.8.